The Morgan fingerprint density at radius 1 is 1.06 bits per heavy atom. The van der Waals surface area contributed by atoms with Crippen LogP contribution in [0.25, 0.3) is 10.9 Å². The lowest BCUT2D eigenvalue weighted by atomic mass is 10.0. The van der Waals surface area contributed by atoms with Crippen molar-refractivity contribution in [2.24, 2.45) is 0 Å². The van der Waals surface area contributed by atoms with Gasteiger partial charge in [-0.05, 0) is 66.4 Å². The second-order valence-corrected chi connectivity index (χ2v) is 8.14. The van der Waals surface area contributed by atoms with Crippen LogP contribution in [-0.2, 0) is 13.0 Å². The first-order chi connectivity index (χ1) is 16.9. The minimum Gasteiger partial charge on any atom is -0.508 e. The van der Waals surface area contributed by atoms with E-state index in [2.05, 4.69) is 15.3 Å². The number of ether oxygens (including phenoxy) is 1. The van der Waals surface area contributed by atoms with Gasteiger partial charge in [-0.3, -0.25) is 9.78 Å². The molecule has 0 aliphatic carbocycles. The summed E-state index contributed by atoms with van der Waals surface area (Å²) < 4.78 is 5.71. The molecule has 8 nitrogen and oxygen atoms in total. The molecule has 0 radical (unpaired) electrons. The molecule has 4 rings (SSSR count). The number of phenolic OH excluding ortho intramolecular Hbond substituents is 1. The molecule has 2 aromatic heterocycles. The second kappa shape index (κ2) is 10.6. The van der Waals surface area contributed by atoms with Crippen molar-refractivity contribution in [3.63, 3.8) is 0 Å². The molecule has 0 bridgehead atoms. The third-order valence-corrected chi connectivity index (χ3v) is 5.62. The van der Waals surface area contributed by atoms with E-state index in [1.165, 1.54) is 6.07 Å². The Labute approximate surface area is 202 Å². The minimum atomic E-state index is -1.15. The second-order valence-electron chi connectivity index (χ2n) is 8.14. The van der Waals surface area contributed by atoms with Crippen LogP contribution in [0, 0.1) is 0 Å². The highest BCUT2D eigenvalue weighted by Crippen LogP contribution is 2.22. The number of aromatic nitrogens is 2. The number of carboxylic acids is 1. The fraction of sp³-hybridized carbons (Fsp3) is 0.185. The summed E-state index contributed by atoms with van der Waals surface area (Å²) in [7, 11) is 0. The van der Waals surface area contributed by atoms with E-state index in [0.717, 1.165) is 11.1 Å². The number of phenols is 1. The van der Waals surface area contributed by atoms with Crippen molar-refractivity contribution >= 4 is 22.8 Å². The molecule has 1 atom stereocenters. The zero-order chi connectivity index (χ0) is 24.8. The molecular formula is C27H25N3O5. The lowest BCUT2D eigenvalue weighted by Gasteiger charge is -2.17. The van der Waals surface area contributed by atoms with Gasteiger partial charge in [-0.15, -0.1) is 0 Å². The molecule has 4 aromatic rings. The minimum absolute atomic E-state index is 0.00467. The molecule has 0 aliphatic rings. The van der Waals surface area contributed by atoms with Gasteiger partial charge in [0.05, 0.1) is 17.3 Å². The smallest absolute Gasteiger partial charge is 0.336 e. The molecule has 2 heterocycles. The van der Waals surface area contributed by atoms with Gasteiger partial charge >= 0.3 is 5.97 Å². The Bertz CT molecular complexity index is 1340. The predicted octanol–water partition coefficient (Wildman–Crippen LogP) is 4.36. The van der Waals surface area contributed by atoms with Crippen LogP contribution in [0.1, 0.15) is 45.3 Å². The molecule has 2 aromatic carbocycles. The third-order valence-electron chi connectivity index (χ3n) is 5.62. The number of carbonyl (C=O) groups excluding carboxylic acids is 1. The molecule has 1 unspecified atom stereocenters. The number of aromatic carboxylic acids is 1. The molecule has 0 spiro atoms. The van der Waals surface area contributed by atoms with Gasteiger partial charge in [-0.1, -0.05) is 25.1 Å². The van der Waals surface area contributed by atoms with E-state index in [9.17, 15) is 19.8 Å². The van der Waals surface area contributed by atoms with E-state index in [-0.39, 0.29) is 29.7 Å². The van der Waals surface area contributed by atoms with Gasteiger partial charge in [-0.25, -0.2) is 9.78 Å². The van der Waals surface area contributed by atoms with Crippen LogP contribution in [0.3, 0.4) is 0 Å². The van der Waals surface area contributed by atoms with Gasteiger partial charge in [0.1, 0.15) is 23.8 Å². The Morgan fingerprint density at radius 2 is 1.83 bits per heavy atom. The number of amides is 1. The molecule has 8 heteroatoms. The first-order valence-electron chi connectivity index (χ1n) is 11.2. The average Bonchev–Trinajstić information content (AvgIpc) is 2.88. The number of carbonyl (C=O) groups is 2. The number of hydrogen-bond acceptors (Lipinski definition) is 6. The van der Waals surface area contributed by atoms with Crippen molar-refractivity contribution in [1.29, 1.82) is 0 Å². The van der Waals surface area contributed by atoms with Crippen molar-refractivity contribution in [2.45, 2.75) is 32.4 Å². The van der Waals surface area contributed by atoms with Crippen LogP contribution in [-0.4, -0.2) is 38.1 Å². The SMILES string of the molecule is CCC(Cc1ccc(O)cc1)NC(=O)c1cc(C(=O)O)c2cc(COc3cccnc3)ccc2n1. The number of fused-ring (bicyclic) bond motifs is 1. The summed E-state index contributed by atoms with van der Waals surface area (Å²) in [5.41, 5.74) is 2.18. The van der Waals surface area contributed by atoms with Crippen molar-refractivity contribution in [2.75, 3.05) is 0 Å². The normalized spacial score (nSPS) is 11.7. The Hall–Kier alpha value is -4.46. The maximum absolute atomic E-state index is 13.0. The Morgan fingerprint density at radius 3 is 2.51 bits per heavy atom. The molecule has 0 aliphatic heterocycles. The van der Waals surface area contributed by atoms with Gasteiger partial charge in [0, 0.05) is 17.6 Å². The van der Waals surface area contributed by atoms with Crippen molar-refractivity contribution in [3.8, 4) is 11.5 Å². The first kappa shape index (κ1) is 23.7. The average molecular weight is 472 g/mol. The summed E-state index contributed by atoms with van der Waals surface area (Å²) in [6.45, 7) is 2.19. The van der Waals surface area contributed by atoms with Crippen LogP contribution < -0.4 is 10.1 Å². The van der Waals surface area contributed by atoms with Crippen LogP contribution in [0.15, 0.2) is 73.1 Å². The van der Waals surface area contributed by atoms with E-state index in [0.29, 0.717) is 29.5 Å². The summed E-state index contributed by atoms with van der Waals surface area (Å²) in [4.78, 5) is 33.4. The first-order valence-corrected chi connectivity index (χ1v) is 11.2. The van der Waals surface area contributed by atoms with Crippen molar-refractivity contribution < 1.29 is 24.5 Å². The molecular weight excluding hydrogens is 446 g/mol. The zero-order valence-electron chi connectivity index (χ0n) is 19.1. The van der Waals surface area contributed by atoms with E-state index >= 15 is 0 Å². The van der Waals surface area contributed by atoms with Gasteiger partial charge < -0.3 is 20.3 Å². The number of benzene rings is 2. The summed E-state index contributed by atoms with van der Waals surface area (Å²) in [5.74, 6) is -0.801. The topological polar surface area (TPSA) is 122 Å². The maximum Gasteiger partial charge on any atom is 0.336 e. The molecule has 3 N–H and O–H groups in total. The number of carboxylic acid groups (broad SMARTS) is 1. The lowest BCUT2D eigenvalue weighted by Crippen LogP contribution is -2.36. The fourth-order valence-electron chi connectivity index (χ4n) is 3.73. The van der Waals surface area contributed by atoms with Crippen LogP contribution >= 0.6 is 0 Å². The van der Waals surface area contributed by atoms with Crippen LogP contribution in [0.4, 0.5) is 0 Å². The van der Waals surface area contributed by atoms with Crippen molar-refractivity contribution in [1.82, 2.24) is 15.3 Å². The summed E-state index contributed by atoms with van der Waals surface area (Å²) in [6.07, 6.45) is 4.49. The Kier molecular flexibility index (Phi) is 7.21. The van der Waals surface area contributed by atoms with E-state index in [4.69, 9.17) is 4.74 Å². The van der Waals surface area contributed by atoms with Gasteiger partial charge in [0.2, 0.25) is 0 Å². The number of nitrogens with one attached hydrogen (secondary N) is 1. The summed E-state index contributed by atoms with van der Waals surface area (Å²) in [6, 6.07) is 16.7. The van der Waals surface area contributed by atoms with Gasteiger partial charge in [0.25, 0.3) is 5.91 Å². The molecule has 0 saturated carbocycles. The number of rotatable bonds is 9. The quantitative estimate of drug-likeness (QED) is 0.331. The monoisotopic (exact) mass is 471 g/mol. The van der Waals surface area contributed by atoms with Crippen LogP contribution in [0.5, 0.6) is 11.5 Å². The van der Waals surface area contributed by atoms with E-state index in [1.807, 2.05) is 6.92 Å². The number of nitrogens with zero attached hydrogens (tertiary/aromatic N) is 2. The lowest BCUT2D eigenvalue weighted by molar-refractivity contribution is 0.0699. The maximum atomic E-state index is 13.0. The van der Waals surface area contributed by atoms with E-state index in [1.54, 1.807) is 67.0 Å². The van der Waals surface area contributed by atoms with E-state index < -0.39 is 11.9 Å². The number of aromatic hydroxyl groups is 1. The molecule has 1 amide bonds. The zero-order valence-corrected chi connectivity index (χ0v) is 19.1. The predicted molar refractivity (Wildman–Crippen MR) is 131 cm³/mol. The highest BCUT2D eigenvalue weighted by atomic mass is 16.5. The summed E-state index contributed by atoms with van der Waals surface area (Å²) >= 11 is 0. The molecule has 35 heavy (non-hydrogen) atoms. The Balaban J connectivity index is 1.54. The highest BCUT2D eigenvalue weighted by Gasteiger charge is 2.19. The standard InChI is InChI=1S/C27H25N3O5/c1-2-19(12-17-5-8-20(31)9-6-17)29-26(32)25-14-23(27(33)34)22-13-18(7-10-24(22)30-25)16-35-21-4-3-11-28-15-21/h3-11,13-15,19,31H,2,12,16H2,1H3,(H,29,32)(H,33,34). The molecule has 0 fully saturated rings. The number of pyridine rings is 2. The fourth-order valence-corrected chi connectivity index (χ4v) is 3.73. The van der Waals surface area contributed by atoms with Gasteiger partial charge in [-0.2, -0.15) is 0 Å². The summed E-state index contributed by atoms with van der Waals surface area (Å²) in [5, 5.41) is 22.6. The van der Waals surface area contributed by atoms with Gasteiger partial charge in [0.15, 0.2) is 0 Å². The third kappa shape index (κ3) is 5.92. The number of hydrogen-bond donors (Lipinski definition) is 3. The highest BCUT2D eigenvalue weighted by molar-refractivity contribution is 6.06. The largest absolute Gasteiger partial charge is 0.508 e. The molecule has 0 saturated heterocycles. The van der Waals surface area contributed by atoms with Crippen molar-refractivity contribution in [3.05, 3.63) is 95.4 Å². The molecule has 178 valence electrons. The van der Waals surface area contributed by atoms with Crippen LogP contribution in [0.2, 0.25) is 0 Å².